The number of rotatable bonds is 4. The second kappa shape index (κ2) is 64.3. The second-order valence-corrected chi connectivity index (χ2v) is 4.04. The largest absolute Gasteiger partial charge is 0 e. The van der Waals surface area contributed by atoms with E-state index in [9.17, 15) is 0 Å². The molecular formula is C10H8W10-4. The van der Waals surface area contributed by atoms with E-state index in [0.29, 0.717) is 0 Å². The van der Waals surface area contributed by atoms with Gasteiger partial charge in [-0.15, -0.1) is 0 Å². The van der Waals surface area contributed by atoms with Gasteiger partial charge < -0.3 is 0 Å². The fraction of sp³-hybridized carbons (Fsp3) is 0. The van der Waals surface area contributed by atoms with Gasteiger partial charge in [-0.1, -0.05) is 0 Å². The Hall–Kier alpha value is 5.58. The van der Waals surface area contributed by atoms with E-state index < -0.39 is 0 Å². The van der Waals surface area contributed by atoms with Crippen molar-refractivity contribution in [3.63, 3.8) is 0 Å². The molecule has 20 heavy (non-hydrogen) atoms. The quantitative estimate of drug-likeness (QED) is 0.287. The molecule has 0 radical (unpaired) electrons. The van der Waals surface area contributed by atoms with E-state index in [4.69, 9.17) is 6.58 Å². The molecule has 0 nitrogen and oxygen atoms in total. The molecule has 0 aromatic heterocycles. The predicted molar refractivity (Wildman–Crippen MR) is 49.0 cm³/mol. The summed E-state index contributed by atoms with van der Waals surface area (Å²) >= 11 is 4.98. The van der Waals surface area contributed by atoms with Crippen molar-refractivity contribution in [2.45, 2.75) is 0 Å². The summed E-state index contributed by atoms with van der Waals surface area (Å²) in [7, 11) is 0. The summed E-state index contributed by atoms with van der Waals surface area (Å²) in [5.41, 5.74) is 0. The molecule has 0 fully saturated rings. The molecule has 0 saturated heterocycles. The van der Waals surface area contributed by atoms with Crippen molar-refractivity contribution in [1.82, 2.24) is 0 Å². The zero-order valence-corrected chi connectivity index (χ0v) is 39.0. The van der Waals surface area contributed by atoms with E-state index in [1.165, 1.54) is 38.7 Å². The summed E-state index contributed by atoms with van der Waals surface area (Å²) in [5.74, 6) is 0. The van der Waals surface area contributed by atoms with Crippen LogP contribution in [0.3, 0.4) is 0 Å². The third-order valence-electron chi connectivity index (χ3n) is 0.672. The summed E-state index contributed by atoms with van der Waals surface area (Å²) in [6, 6.07) is 0. The summed E-state index contributed by atoms with van der Waals surface area (Å²) in [4.78, 5) is 9.17. The average molecular weight is 1970 g/mol. The molecule has 0 atom stereocenters. The van der Waals surface area contributed by atoms with Crippen molar-refractivity contribution in [3.8, 4) is 0 Å². The molecule has 0 unspecified atom stereocenters. The van der Waals surface area contributed by atoms with Crippen LogP contribution < -0.4 is 0 Å². The molecule has 0 N–H and O–H groups in total. The van der Waals surface area contributed by atoms with Gasteiger partial charge in [0.2, 0.25) is 0 Å². The Balaban J connectivity index is -0.0000000159. The Kier molecular flexibility index (Phi) is 181. The molecule has 0 aromatic carbocycles. The second-order valence-electron chi connectivity index (χ2n) is 1.37. The van der Waals surface area contributed by atoms with Crippen molar-refractivity contribution < 1.29 is 204 Å². The van der Waals surface area contributed by atoms with Crippen LogP contribution in [0.4, 0.5) is 0 Å². The minimum Gasteiger partial charge on any atom is 0 e. The standard InChI is InChI=1S/C8H6.2CH.10W/c1-3-5-7-8-6-4-2;;;;;;;;;;;;/h1-4,7-8H;2*1H;;;;;;;;;;/q-2;2*-1;;;;;;;;;;/b8-7+;;;;;;;;;;;;. The van der Waals surface area contributed by atoms with Gasteiger partial charge in [0, 0.05) is 126 Å². The first-order valence-corrected chi connectivity index (χ1v) is 9.61. The maximum absolute atomic E-state index is 5.25. The van der Waals surface area contributed by atoms with E-state index >= 15 is 0 Å². The maximum atomic E-state index is 5.25. The molecule has 0 aliphatic carbocycles. The van der Waals surface area contributed by atoms with Crippen LogP contribution >= 0.6 is 0 Å². The van der Waals surface area contributed by atoms with Gasteiger partial charge in [-0.3, -0.25) is 0 Å². The first-order valence-electron chi connectivity index (χ1n) is 3.07. The molecule has 0 aliphatic heterocycles. The monoisotopic (exact) mass is 1970 g/mol. The Morgan fingerprint density at radius 3 is 1.45 bits per heavy atom. The number of hydrogen-bond acceptors (Lipinski definition) is 0. The van der Waals surface area contributed by atoms with Gasteiger partial charge in [0.25, 0.3) is 0 Å². The van der Waals surface area contributed by atoms with E-state index in [0.717, 1.165) is 42.6 Å². The van der Waals surface area contributed by atoms with Gasteiger partial charge >= 0.3 is 132 Å². The van der Waals surface area contributed by atoms with Crippen LogP contribution in [-0.4, -0.2) is 18.1 Å². The van der Waals surface area contributed by atoms with Crippen LogP contribution in [0, 0.1) is 12.7 Å². The molecule has 0 spiro atoms. The predicted octanol–water partition coefficient (Wildman–Crippen LogP) is 0.629. The third-order valence-corrected chi connectivity index (χ3v) is 2.14. The van der Waals surface area contributed by atoms with E-state index in [1.807, 2.05) is 22.6 Å². The van der Waals surface area contributed by atoms with Crippen molar-refractivity contribution in [2.75, 3.05) is 0 Å². The molecule has 0 bridgehead atoms. The normalized spacial score (nSPS) is 5.60. The van der Waals surface area contributed by atoms with Crippen LogP contribution in [0.5, 0.6) is 0 Å². The topological polar surface area (TPSA) is 0 Å². The third kappa shape index (κ3) is 65.2. The van der Waals surface area contributed by atoms with Gasteiger partial charge in [-0.2, -0.15) is 0 Å². The van der Waals surface area contributed by atoms with E-state index in [1.54, 1.807) is 6.08 Å². The van der Waals surface area contributed by atoms with Crippen molar-refractivity contribution >= 4 is 18.1 Å². The molecule has 0 saturated carbocycles. The fourth-order valence-corrected chi connectivity index (χ4v) is 0.807. The van der Waals surface area contributed by atoms with Gasteiger partial charge in [0.1, 0.15) is 0 Å². The minimum atomic E-state index is 0. The SMILES string of the molecule is [CH-]=C[C](=[W])/C=C/[C-]=C[CH]=[W].[CH-]=[W].[CH-]=[W].[W].[W].[W].[W].[W].[W]. The van der Waals surface area contributed by atoms with Gasteiger partial charge in [0.15, 0.2) is 0 Å². The first-order chi connectivity index (χ1) is 6.81. The van der Waals surface area contributed by atoms with Crippen molar-refractivity contribution in [1.29, 1.82) is 0 Å². The first kappa shape index (κ1) is 56.2. The summed E-state index contributed by atoms with van der Waals surface area (Å²) < 4.78 is 3.14. The average Bonchev–Trinajstić information content (AvgIpc) is 2.29. The zero-order chi connectivity index (χ0) is 11.8. The van der Waals surface area contributed by atoms with Gasteiger partial charge in [-0.25, -0.2) is 0 Å². The number of allylic oxidation sites excluding steroid dienone is 5. The van der Waals surface area contributed by atoms with Crippen LogP contribution in [0.1, 0.15) is 0 Å². The van der Waals surface area contributed by atoms with Gasteiger partial charge in [0.05, 0.1) is 0 Å². The molecule has 0 aromatic rings. The smallest absolute Gasteiger partial charge is 0 e. The summed E-state index contributed by atoms with van der Waals surface area (Å²) in [6.07, 6.45) is 10.3. The Bertz CT molecular complexity index is 222. The van der Waals surface area contributed by atoms with E-state index in [2.05, 4.69) is 15.9 Å². The Morgan fingerprint density at radius 1 is 0.850 bits per heavy atom. The van der Waals surface area contributed by atoms with Crippen LogP contribution in [0.25, 0.3) is 0 Å². The molecule has 0 heterocycles. The molecule has 0 amide bonds. The molecule has 0 aliphatic rings. The van der Waals surface area contributed by atoms with Crippen molar-refractivity contribution in [2.24, 2.45) is 0 Å². The molecular weight excluding hydrogens is 1960 g/mol. The summed E-state index contributed by atoms with van der Waals surface area (Å²) in [6.45, 7) is 5.25. The molecule has 10 heteroatoms. The Morgan fingerprint density at radius 2 is 1.20 bits per heavy atom. The molecule has 112 valence electrons. The zero-order valence-electron chi connectivity index (χ0n) is 9.70. The molecule has 0 rings (SSSR count). The Labute approximate surface area is 253 Å². The van der Waals surface area contributed by atoms with Gasteiger partial charge in [-0.05, 0) is 0 Å². The maximum Gasteiger partial charge on any atom is 0 e. The summed E-state index contributed by atoms with van der Waals surface area (Å²) in [5, 5.41) is 0. The fourth-order valence-electron chi connectivity index (χ4n) is 0.281. The van der Waals surface area contributed by atoms with Crippen LogP contribution in [-0.2, 0) is 204 Å². The van der Waals surface area contributed by atoms with Crippen molar-refractivity contribution in [3.05, 3.63) is 37.0 Å². The number of hydrogen-bond donors (Lipinski definition) is 0. The van der Waals surface area contributed by atoms with Crippen LogP contribution in [0.2, 0.25) is 0 Å². The minimum absolute atomic E-state index is 0. The van der Waals surface area contributed by atoms with E-state index in [-0.39, 0.29) is 126 Å². The van der Waals surface area contributed by atoms with Crippen LogP contribution in [0.15, 0.2) is 24.3 Å².